The summed E-state index contributed by atoms with van der Waals surface area (Å²) < 4.78 is 0. The van der Waals surface area contributed by atoms with Crippen molar-refractivity contribution in [2.45, 2.75) is 34.6 Å². The van der Waals surface area contributed by atoms with Crippen LogP contribution in [0.3, 0.4) is 0 Å². The lowest BCUT2D eigenvalue weighted by Gasteiger charge is -2.31. The van der Waals surface area contributed by atoms with E-state index in [0.29, 0.717) is 0 Å². The maximum atomic E-state index is 3.77. The van der Waals surface area contributed by atoms with Crippen molar-refractivity contribution in [3.63, 3.8) is 0 Å². The summed E-state index contributed by atoms with van der Waals surface area (Å²) in [5, 5.41) is 0. The van der Waals surface area contributed by atoms with E-state index in [2.05, 4.69) is 46.1 Å². The second kappa shape index (κ2) is 3.79. The monoisotopic (exact) mass is 167 g/mol. The van der Waals surface area contributed by atoms with Gasteiger partial charge >= 0.3 is 0 Å². The maximum absolute atomic E-state index is 3.77. The summed E-state index contributed by atoms with van der Waals surface area (Å²) in [5.74, 6) is 0. The topological polar surface area (TPSA) is 3.24 Å². The number of hydrogen-bond donors (Lipinski definition) is 0. The van der Waals surface area contributed by atoms with Gasteiger partial charge in [0.15, 0.2) is 0 Å². The Morgan fingerprint density at radius 3 is 1.75 bits per heavy atom. The van der Waals surface area contributed by atoms with Crippen molar-refractivity contribution in [3.8, 4) is 0 Å². The van der Waals surface area contributed by atoms with Crippen LogP contribution in [0.2, 0.25) is 0 Å². The van der Waals surface area contributed by atoms with Crippen LogP contribution in [-0.4, -0.2) is 11.9 Å². The Balaban J connectivity index is 4.96. The Morgan fingerprint density at radius 1 is 1.25 bits per heavy atom. The van der Waals surface area contributed by atoms with Crippen molar-refractivity contribution in [2.75, 3.05) is 7.05 Å². The Bertz CT molecular complexity index is 190. The lowest BCUT2D eigenvalue weighted by Crippen LogP contribution is -2.23. The van der Waals surface area contributed by atoms with Crippen molar-refractivity contribution in [1.82, 2.24) is 4.90 Å². The largest absolute Gasteiger partial charge is 0.355 e. The average Bonchev–Trinajstić information content (AvgIpc) is 1.83. The fourth-order valence-corrected chi connectivity index (χ4v) is 1.72. The number of hydrogen-bond acceptors (Lipinski definition) is 1. The van der Waals surface area contributed by atoms with Crippen molar-refractivity contribution < 1.29 is 0 Å². The molecule has 0 atom stereocenters. The van der Waals surface area contributed by atoms with E-state index in [4.69, 9.17) is 0 Å². The molecule has 0 amide bonds. The van der Waals surface area contributed by atoms with E-state index < -0.39 is 0 Å². The highest BCUT2D eigenvalue weighted by Gasteiger charge is 2.20. The van der Waals surface area contributed by atoms with Gasteiger partial charge in [0, 0.05) is 18.2 Å². The van der Waals surface area contributed by atoms with Gasteiger partial charge in [-0.05, 0) is 20.0 Å². The molecular weight excluding hydrogens is 146 g/mol. The van der Waals surface area contributed by atoms with E-state index in [1.165, 1.54) is 11.3 Å². The molecular formula is C11H21N. The Kier molecular flexibility index (Phi) is 3.56. The summed E-state index contributed by atoms with van der Waals surface area (Å²) >= 11 is 0. The summed E-state index contributed by atoms with van der Waals surface area (Å²) in [6, 6.07) is 0. The summed E-state index contributed by atoms with van der Waals surface area (Å²) in [5.41, 5.74) is 2.89. The molecule has 0 unspecified atom stereocenters. The molecule has 0 saturated heterocycles. The highest BCUT2D eigenvalue weighted by Crippen LogP contribution is 2.29. The molecule has 1 heteroatoms. The molecule has 70 valence electrons. The first-order valence-corrected chi connectivity index (χ1v) is 4.34. The van der Waals surface area contributed by atoms with Gasteiger partial charge in [-0.25, -0.2) is 0 Å². The van der Waals surface area contributed by atoms with E-state index in [1.54, 1.807) is 0 Å². The zero-order valence-electron chi connectivity index (χ0n) is 9.23. The van der Waals surface area contributed by atoms with Crippen LogP contribution in [-0.2, 0) is 0 Å². The second-order valence-electron chi connectivity index (χ2n) is 4.39. The fourth-order valence-electron chi connectivity index (χ4n) is 1.72. The summed E-state index contributed by atoms with van der Waals surface area (Å²) in [6.45, 7) is 14.7. The molecule has 0 aromatic heterocycles. The smallest absolute Gasteiger partial charge is 0.0211 e. The first-order chi connectivity index (χ1) is 5.30. The number of rotatable bonds is 2. The molecule has 0 aliphatic carbocycles. The first kappa shape index (κ1) is 11.3. The van der Waals surface area contributed by atoms with E-state index in [1.807, 2.05) is 13.2 Å². The molecule has 0 saturated carbocycles. The lowest BCUT2D eigenvalue weighted by molar-refractivity contribution is 0.370. The van der Waals surface area contributed by atoms with Crippen LogP contribution in [0.25, 0.3) is 0 Å². The Hall–Kier alpha value is -0.720. The van der Waals surface area contributed by atoms with Gasteiger partial charge in [-0.1, -0.05) is 32.9 Å². The third-order valence-corrected chi connectivity index (χ3v) is 1.81. The van der Waals surface area contributed by atoms with Crippen LogP contribution in [0, 0.1) is 5.41 Å². The molecule has 1 nitrogen and oxygen atoms in total. The van der Waals surface area contributed by atoms with Gasteiger partial charge in [0.1, 0.15) is 0 Å². The molecule has 0 rings (SSSR count). The molecule has 0 heterocycles. The van der Waals surface area contributed by atoms with E-state index >= 15 is 0 Å². The van der Waals surface area contributed by atoms with Gasteiger partial charge in [0.2, 0.25) is 0 Å². The van der Waals surface area contributed by atoms with Gasteiger partial charge in [-0.15, -0.1) is 0 Å². The van der Waals surface area contributed by atoms with E-state index in [-0.39, 0.29) is 5.41 Å². The van der Waals surface area contributed by atoms with Crippen LogP contribution in [0.15, 0.2) is 24.0 Å². The van der Waals surface area contributed by atoms with Crippen LogP contribution < -0.4 is 0 Å². The third kappa shape index (κ3) is 2.72. The summed E-state index contributed by atoms with van der Waals surface area (Å²) in [7, 11) is 2.04. The van der Waals surface area contributed by atoms with Crippen molar-refractivity contribution >= 4 is 0 Å². The van der Waals surface area contributed by atoms with Crippen LogP contribution in [0.5, 0.6) is 0 Å². The fraction of sp³-hybridized carbons (Fsp3) is 0.636. The number of allylic oxidation sites excluding steroid dienone is 2. The normalized spacial score (nSPS) is 10.8. The van der Waals surface area contributed by atoms with Crippen LogP contribution in [0.1, 0.15) is 34.6 Å². The average molecular weight is 167 g/mol. The van der Waals surface area contributed by atoms with Crippen molar-refractivity contribution in [1.29, 1.82) is 0 Å². The molecule has 0 fully saturated rings. The van der Waals surface area contributed by atoms with Gasteiger partial charge in [0.25, 0.3) is 0 Å². The first-order valence-electron chi connectivity index (χ1n) is 4.34. The molecule has 0 aliphatic rings. The maximum Gasteiger partial charge on any atom is 0.0211 e. The van der Waals surface area contributed by atoms with E-state index in [0.717, 1.165) is 0 Å². The third-order valence-electron chi connectivity index (χ3n) is 1.81. The highest BCUT2D eigenvalue weighted by atomic mass is 15.1. The van der Waals surface area contributed by atoms with Crippen molar-refractivity contribution in [2.24, 2.45) is 5.41 Å². The number of nitrogens with zero attached hydrogens (tertiary/aromatic N) is 1. The quantitative estimate of drug-likeness (QED) is 0.609. The van der Waals surface area contributed by atoms with Gasteiger partial charge in [-0.2, -0.15) is 0 Å². The predicted molar refractivity (Wildman–Crippen MR) is 55.8 cm³/mol. The standard InChI is InChI=1S/C11H21N/c1-8-12(7)10(9(2)3)11(4,5)6/h8H,1H2,2-7H3. The summed E-state index contributed by atoms with van der Waals surface area (Å²) in [6.07, 6.45) is 1.85. The van der Waals surface area contributed by atoms with Gasteiger partial charge < -0.3 is 4.90 Å². The highest BCUT2D eigenvalue weighted by molar-refractivity contribution is 5.17. The molecule has 0 aromatic carbocycles. The molecule has 0 N–H and O–H groups in total. The van der Waals surface area contributed by atoms with Gasteiger partial charge in [0.05, 0.1) is 0 Å². The molecule has 0 aromatic rings. The van der Waals surface area contributed by atoms with Crippen LogP contribution >= 0.6 is 0 Å². The minimum absolute atomic E-state index is 0.196. The molecule has 0 radical (unpaired) electrons. The van der Waals surface area contributed by atoms with Crippen molar-refractivity contribution in [3.05, 3.63) is 24.0 Å². The SMILES string of the molecule is C=CN(C)C(=C(C)C)C(C)(C)C. The zero-order valence-corrected chi connectivity index (χ0v) is 9.23. The molecule has 0 spiro atoms. The summed E-state index contributed by atoms with van der Waals surface area (Å²) in [4.78, 5) is 2.09. The lowest BCUT2D eigenvalue weighted by atomic mass is 9.88. The second-order valence-corrected chi connectivity index (χ2v) is 4.39. The molecule has 12 heavy (non-hydrogen) atoms. The zero-order chi connectivity index (χ0) is 9.94. The Labute approximate surface area is 76.8 Å². The predicted octanol–water partition coefficient (Wildman–Crippen LogP) is 3.40. The molecule has 0 aliphatic heterocycles. The minimum atomic E-state index is 0.196. The minimum Gasteiger partial charge on any atom is -0.355 e. The van der Waals surface area contributed by atoms with E-state index in [9.17, 15) is 0 Å². The van der Waals surface area contributed by atoms with Crippen LogP contribution in [0.4, 0.5) is 0 Å². The molecule has 0 bridgehead atoms. The Morgan fingerprint density at radius 2 is 1.67 bits per heavy atom. The van der Waals surface area contributed by atoms with Gasteiger partial charge in [-0.3, -0.25) is 0 Å².